The van der Waals surface area contributed by atoms with Crippen molar-refractivity contribution >= 4 is 23.2 Å². The van der Waals surface area contributed by atoms with Crippen molar-refractivity contribution in [3.05, 3.63) is 33.8 Å². The number of hydrogen-bond donors (Lipinski definition) is 1. The minimum absolute atomic E-state index is 0.634. The van der Waals surface area contributed by atoms with E-state index in [1.807, 2.05) is 12.1 Å². The Hall–Kier alpha value is -0.280. The fourth-order valence-corrected chi connectivity index (χ4v) is 3.03. The Morgan fingerprint density at radius 3 is 2.81 bits per heavy atom. The van der Waals surface area contributed by atoms with E-state index < -0.39 is 0 Å². The summed E-state index contributed by atoms with van der Waals surface area (Å²) in [4.78, 5) is 2.53. The highest BCUT2D eigenvalue weighted by Crippen LogP contribution is 2.27. The van der Waals surface area contributed by atoms with Crippen LogP contribution in [0.2, 0.25) is 10.0 Å². The normalized spacial score (nSPS) is 28.9. The second-order valence-corrected chi connectivity index (χ2v) is 5.49. The van der Waals surface area contributed by atoms with Crippen LogP contribution in [0.4, 0.5) is 0 Å². The van der Waals surface area contributed by atoms with Gasteiger partial charge >= 0.3 is 0 Å². The maximum Gasteiger partial charge on any atom is 0.0595 e. The van der Waals surface area contributed by atoms with Gasteiger partial charge < -0.3 is 5.32 Å². The van der Waals surface area contributed by atoms with Gasteiger partial charge in [-0.05, 0) is 24.1 Å². The number of hydrogen-bond acceptors (Lipinski definition) is 2. The van der Waals surface area contributed by atoms with Gasteiger partial charge in [-0.1, -0.05) is 29.3 Å². The largest absolute Gasteiger partial charge is 0.311 e. The molecule has 2 aliphatic heterocycles. The van der Waals surface area contributed by atoms with Crippen molar-refractivity contribution in [1.82, 2.24) is 10.2 Å². The fourth-order valence-electron chi connectivity index (χ4n) is 2.71. The first kappa shape index (κ1) is 10.8. The van der Waals surface area contributed by atoms with Crippen LogP contribution in [0.1, 0.15) is 12.0 Å². The second kappa shape index (κ2) is 4.19. The zero-order valence-corrected chi connectivity index (χ0v) is 10.4. The van der Waals surface area contributed by atoms with Gasteiger partial charge in [0.25, 0.3) is 0 Å². The third kappa shape index (κ3) is 1.95. The molecule has 2 bridgehead atoms. The first-order valence-electron chi connectivity index (χ1n) is 5.64. The molecular weight excluding hydrogens is 243 g/mol. The van der Waals surface area contributed by atoms with Crippen LogP contribution in [0.25, 0.3) is 0 Å². The summed E-state index contributed by atoms with van der Waals surface area (Å²) in [5.74, 6) is 0. The summed E-state index contributed by atoms with van der Waals surface area (Å²) < 4.78 is 0. The highest BCUT2D eigenvalue weighted by atomic mass is 35.5. The second-order valence-electron chi connectivity index (χ2n) is 4.67. The van der Waals surface area contributed by atoms with Gasteiger partial charge in [-0.15, -0.1) is 0 Å². The molecule has 0 aliphatic carbocycles. The lowest BCUT2D eigenvalue weighted by Crippen LogP contribution is -2.42. The summed E-state index contributed by atoms with van der Waals surface area (Å²) in [5.41, 5.74) is 1.25. The Morgan fingerprint density at radius 1 is 1.31 bits per heavy atom. The molecule has 0 radical (unpaired) electrons. The van der Waals surface area contributed by atoms with Crippen LogP contribution in [-0.4, -0.2) is 30.1 Å². The predicted octanol–water partition coefficient (Wildman–Crippen LogP) is 2.54. The fraction of sp³-hybridized carbons (Fsp3) is 0.500. The van der Waals surface area contributed by atoms with E-state index >= 15 is 0 Å². The minimum atomic E-state index is 0.634. The number of nitrogens with zero attached hydrogens (tertiary/aromatic N) is 1. The molecule has 1 aromatic carbocycles. The average Bonchev–Trinajstić information content (AvgIpc) is 2.85. The van der Waals surface area contributed by atoms with Gasteiger partial charge in [0, 0.05) is 31.7 Å². The predicted molar refractivity (Wildman–Crippen MR) is 67.1 cm³/mol. The van der Waals surface area contributed by atoms with E-state index in [-0.39, 0.29) is 0 Å². The molecule has 2 fully saturated rings. The van der Waals surface area contributed by atoms with Gasteiger partial charge in [0.05, 0.1) is 10.0 Å². The molecule has 1 aromatic rings. The molecule has 16 heavy (non-hydrogen) atoms. The van der Waals surface area contributed by atoms with Crippen LogP contribution >= 0.6 is 23.2 Å². The number of nitrogens with one attached hydrogen (secondary N) is 1. The topological polar surface area (TPSA) is 15.3 Å². The first-order chi connectivity index (χ1) is 7.72. The van der Waals surface area contributed by atoms with Crippen molar-refractivity contribution in [2.45, 2.75) is 25.0 Å². The van der Waals surface area contributed by atoms with Crippen molar-refractivity contribution in [1.29, 1.82) is 0 Å². The molecule has 2 heterocycles. The number of piperazine rings is 1. The summed E-state index contributed by atoms with van der Waals surface area (Å²) in [6.07, 6.45) is 1.29. The molecule has 3 rings (SSSR count). The molecular formula is C12H14Cl2N2. The van der Waals surface area contributed by atoms with Crippen molar-refractivity contribution < 1.29 is 0 Å². The molecule has 0 aromatic heterocycles. The van der Waals surface area contributed by atoms with Crippen LogP contribution in [0.5, 0.6) is 0 Å². The van der Waals surface area contributed by atoms with Crippen molar-refractivity contribution in [2.24, 2.45) is 0 Å². The van der Waals surface area contributed by atoms with Crippen LogP contribution in [0, 0.1) is 0 Å². The van der Waals surface area contributed by atoms with E-state index in [2.05, 4.69) is 16.3 Å². The highest BCUT2D eigenvalue weighted by molar-refractivity contribution is 6.42. The van der Waals surface area contributed by atoms with Crippen molar-refractivity contribution in [2.75, 3.05) is 13.1 Å². The third-order valence-corrected chi connectivity index (χ3v) is 4.28. The standard InChI is InChI=1S/C12H14Cl2N2/c13-11-2-1-8(3-12(11)14)6-16-7-9-4-10(16)5-15-9/h1-3,9-10,15H,4-7H2/t9-,10-/m1/s1. The SMILES string of the molecule is Clc1ccc(CN2C[C@H]3C[C@@H]2CN3)cc1Cl. The first-order valence-corrected chi connectivity index (χ1v) is 6.39. The number of rotatable bonds is 2. The summed E-state index contributed by atoms with van der Waals surface area (Å²) in [6, 6.07) is 7.33. The lowest BCUT2D eigenvalue weighted by molar-refractivity contribution is 0.218. The van der Waals surface area contributed by atoms with Crippen molar-refractivity contribution in [3.8, 4) is 0 Å². The highest BCUT2D eigenvalue weighted by Gasteiger charge is 2.37. The maximum absolute atomic E-state index is 6.02. The van der Waals surface area contributed by atoms with E-state index in [9.17, 15) is 0 Å². The molecule has 2 saturated heterocycles. The van der Waals surface area contributed by atoms with Gasteiger partial charge in [0.2, 0.25) is 0 Å². The minimum Gasteiger partial charge on any atom is -0.311 e. The van der Waals surface area contributed by atoms with Crippen LogP contribution < -0.4 is 5.32 Å². The van der Waals surface area contributed by atoms with Crippen LogP contribution in [0.15, 0.2) is 18.2 Å². The molecule has 2 nitrogen and oxygen atoms in total. The Labute approximate surface area is 106 Å². The van der Waals surface area contributed by atoms with E-state index in [1.54, 1.807) is 0 Å². The smallest absolute Gasteiger partial charge is 0.0595 e. The third-order valence-electron chi connectivity index (χ3n) is 3.54. The van der Waals surface area contributed by atoms with Gasteiger partial charge in [-0.2, -0.15) is 0 Å². The number of likely N-dealkylation sites (tertiary alicyclic amines) is 1. The van der Waals surface area contributed by atoms with Gasteiger partial charge in [0.1, 0.15) is 0 Å². The van der Waals surface area contributed by atoms with Gasteiger partial charge in [-0.3, -0.25) is 4.90 Å². The summed E-state index contributed by atoms with van der Waals surface area (Å²) >= 11 is 11.9. The number of fused-ring (bicyclic) bond motifs is 2. The molecule has 2 aliphatic rings. The van der Waals surface area contributed by atoms with Gasteiger partial charge in [-0.25, -0.2) is 0 Å². The molecule has 0 spiro atoms. The number of halogens is 2. The molecule has 1 N–H and O–H groups in total. The van der Waals surface area contributed by atoms with E-state index in [4.69, 9.17) is 23.2 Å². The molecule has 86 valence electrons. The lowest BCUT2D eigenvalue weighted by atomic mass is 10.2. The van der Waals surface area contributed by atoms with E-state index in [0.29, 0.717) is 22.1 Å². The van der Waals surface area contributed by atoms with E-state index in [0.717, 1.165) is 19.6 Å². The lowest BCUT2D eigenvalue weighted by Gasteiger charge is -2.27. The number of benzene rings is 1. The Kier molecular flexibility index (Phi) is 2.84. The van der Waals surface area contributed by atoms with Crippen LogP contribution in [-0.2, 0) is 6.54 Å². The summed E-state index contributed by atoms with van der Waals surface area (Å²) in [6.45, 7) is 3.27. The maximum atomic E-state index is 6.02. The van der Waals surface area contributed by atoms with Crippen LogP contribution in [0.3, 0.4) is 0 Å². The Bertz CT molecular complexity index is 408. The monoisotopic (exact) mass is 256 g/mol. The average molecular weight is 257 g/mol. The Balaban J connectivity index is 1.72. The van der Waals surface area contributed by atoms with E-state index in [1.165, 1.54) is 12.0 Å². The quantitative estimate of drug-likeness (QED) is 0.875. The van der Waals surface area contributed by atoms with Crippen molar-refractivity contribution in [3.63, 3.8) is 0 Å². The molecule has 4 heteroatoms. The molecule has 0 unspecified atom stereocenters. The summed E-state index contributed by atoms with van der Waals surface area (Å²) in [7, 11) is 0. The zero-order chi connectivity index (χ0) is 11.1. The summed E-state index contributed by atoms with van der Waals surface area (Å²) in [5, 5.41) is 4.79. The molecule has 0 amide bonds. The molecule has 0 saturated carbocycles. The molecule has 2 atom stereocenters. The van der Waals surface area contributed by atoms with Gasteiger partial charge in [0.15, 0.2) is 0 Å². The Morgan fingerprint density at radius 2 is 2.19 bits per heavy atom. The zero-order valence-electron chi connectivity index (χ0n) is 8.92.